The summed E-state index contributed by atoms with van der Waals surface area (Å²) in [4.78, 5) is 21.7. The zero-order valence-corrected chi connectivity index (χ0v) is 23.8. The Bertz CT molecular complexity index is 1420. The van der Waals surface area contributed by atoms with Crippen LogP contribution in [0.2, 0.25) is 0 Å². The van der Waals surface area contributed by atoms with Gasteiger partial charge in [0.2, 0.25) is 5.95 Å². The third-order valence-electron chi connectivity index (χ3n) is 6.12. The van der Waals surface area contributed by atoms with Crippen molar-refractivity contribution in [2.24, 2.45) is 0 Å². The number of carbonyl (C=O) groups is 1. The number of aromatic nitrogens is 4. The van der Waals surface area contributed by atoms with E-state index in [1.807, 2.05) is 0 Å². The summed E-state index contributed by atoms with van der Waals surface area (Å²) in [7, 11) is -2.84. The lowest BCUT2D eigenvalue weighted by atomic mass is 9.99. The van der Waals surface area contributed by atoms with Crippen molar-refractivity contribution in [1.82, 2.24) is 24.6 Å². The molecule has 4 rings (SSSR count). The number of esters is 1. The number of benzene rings is 1. The number of hydrogen-bond donors (Lipinski definition) is 4. The van der Waals surface area contributed by atoms with Gasteiger partial charge in [-0.15, -0.1) is 11.6 Å². The lowest BCUT2D eigenvalue weighted by Crippen LogP contribution is -2.48. The van der Waals surface area contributed by atoms with Gasteiger partial charge in [0.05, 0.1) is 19.5 Å². The van der Waals surface area contributed by atoms with Crippen LogP contribution in [0.5, 0.6) is 5.75 Å². The van der Waals surface area contributed by atoms with Gasteiger partial charge in [-0.1, -0.05) is 18.2 Å². The van der Waals surface area contributed by atoms with Crippen LogP contribution in [0.25, 0.3) is 11.2 Å². The molecule has 1 aliphatic rings. The fourth-order valence-electron chi connectivity index (χ4n) is 4.14. The number of fused-ring (bicyclic) bond motifs is 1. The van der Waals surface area contributed by atoms with Gasteiger partial charge < -0.3 is 30.2 Å². The molecule has 1 aromatic carbocycles. The molecule has 0 bridgehead atoms. The molecule has 0 radical (unpaired) electrons. The van der Waals surface area contributed by atoms with Gasteiger partial charge in [-0.2, -0.15) is 15.1 Å². The lowest BCUT2D eigenvalue weighted by molar-refractivity contribution is -0.144. The van der Waals surface area contributed by atoms with E-state index in [1.54, 1.807) is 32.2 Å². The lowest BCUT2D eigenvalue weighted by Gasteiger charge is -2.29. The number of anilines is 2. The molecule has 0 aliphatic carbocycles. The Morgan fingerprint density at radius 2 is 2.05 bits per heavy atom. The third kappa shape index (κ3) is 6.22. The first kappa shape index (κ1) is 30.8. The highest BCUT2D eigenvalue weighted by Gasteiger charge is 2.62. The van der Waals surface area contributed by atoms with Crippen molar-refractivity contribution in [2.45, 2.75) is 49.6 Å². The van der Waals surface area contributed by atoms with Crippen LogP contribution in [0.4, 0.5) is 20.5 Å². The predicted molar refractivity (Wildman–Crippen MR) is 144 cm³/mol. The standard InChI is InChI=1S/C23H29ClF2N7O7P/c1-4-37-19(35)12(2)32-41(36,40-13-8-6-5-7-9-13)38-10-14-16(34)23(24,20(25)26)21(39-14)33-11-29-15-17(28-3)30-22(27)31-18(15)33/h5-9,11-12,14,16,20-21,34H,4,10H2,1-3H3,(H,32,36)(H3,27,28,30,31)/t12?,14-,16-,21-,23+,41+/m1/s1. The topological polar surface area (TPSA) is 185 Å². The van der Waals surface area contributed by atoms with Crippen LogP contribution < -0.4 is 20.7 Å². The van der Waals surface area contributed by atoms with Gasteiger partial charge in [-0.3, -0.25) is 13.9 Å². The fraction of sp³-hybridized carbons (Fsp3) is 0.478. The summed E-state index contributed by atoms with van der Waals surface area (Å²) in [5.41, 5.74) is 5.96. The molecule has 1 aliphatic heterocycles. The van der Waals surface area contributed by atoms with Gasteiger partial charge in [-0.05, 0) is 26.0 Å². The summed E-state index contributed by atoms with van der Waals surface area (Å²) >= 11 is 6.37. The number of ether oxygens (including phenoxy) is 2. The van der Waals surface area contributed by atoms with Gasteiger partial charge in [0, 0.05) is 7.05 Å². The molecule has 0 saturated carbocycles. The number of nitrogens with zero attached hydrogens (tertiary/aromatic N) is 4. The molecular formula is C23H29ClF2N7O7P. The van der Waals surface area contributed by atoms with Crippen LogP contribution in [0.3, 0.4) is 0 Å². The van der Waals surface area contributed by atoms with E-state index >= 15 is 0 Å². The number of alkyl halides is 3. The van der Waals surface area contributed by atoms with Crippen molar-refractivity contribution in [2.75, 3.05) is 31.3 Å². The maximum absolute atomic E-state index is 14.5. The number of rotatable bonds is 12. The third-order valence-corrected chi connectivity index (χ3v) is 8.34. The minimum atomic E-state index is -4.39. The number of nitrogens with two attached hydrogens (primary N) is 1. The van der Waals surface area contributed by atoms with E-state index in [0.29, 0.717) is 0 Å². The van der Waals surface area contributed by atoms with Crippen LogP contribution in [0.15, 0.2) is 36.7 Å². The molecule has 18 heteroatoms. The van der Waals surface area contributed by atoms with Gasteiger partial charge in [0.15, 0.2) is 28.1 Å². The molecule has 14 nitrogen and oxygen atoms in total. The summed E-state index contributed by atoms with van der Waals surface area (Å²) in [6.07, 6.45) is -7.48. The van der Waals surface area contributed by atoms with Crippen molar-refractivity contribution in [3.63, 3.8) is 0 Å². The normalized spacial score (nSPS) is 24.7. The van der Waals surface area contributed by atoms with E-state index in [9.17, 15) is 23.2 Å². The monoisotopic (exact) mass is 619 g/mol. The first-order valence-corrected chi connectivity index (χ1v) is 14.3. The maximum atomic E-state index is 14.5. The number of para-hydroxylation sites is 1. The molecule has 1 saturated heterocycles. The first-order chi connectivity index (χ1) is 19.4. The molecule has 2 aromatic heterocycles. The second kappa shape index (κ2) is 12.4. The van der Waals surface area contributed by atoms with E-state index in [1.165, 1.54) is 19.1 Å². The SMILES string of the molecule is CCOC(=O)C(C)N[P@](=O)(OC[C@H]1O[C@@H](n2cnc3c(NC)nc(N)nc32)[C@@](Cl)(C(F)F)[C@@H]1O)Oc1ccccc1. The fourth-order valence-corrected chi connectivity index (χ4v) is 5.94. The molecule has 3 aromatic rings. The van der Waals surface area contributed by atoms with Crippen molar-refractivity contribution in [1.29, 1.82) is 0 Å². The summed E-state index contributed by atoms with van der Waals surface area (Å²) in [5, 5.41) is 16.2. The Hall–Kier alpha value is -3.14. The molecule has 0 amide bonds. The molecule has 5 N–H and O–H groups in total. The molecule has 0 spiro atoms. The first-order valence-electron chi connectivity index (χ1n) is 12.4. The number of carbonyl (C=O) groups excluding carboxylic acids is 1. The van der Waals surface area contributed by atoms with Gasteiger partial charge in [-0.25, -0.2) is 18.3 Å². The average molecular weight is 620 g/mol. The van der Waals surface area contributed by atoms with Gasteiger partial charge >= 0.3 is 13.7 Å². The Kier molecular flexibility index (Phi) is 9.31. The highest BCUT2D eigenvalue weighted by atomic mass is 35.5. The molecular weight excluding hydrogens is 591 g/mol. The molecule has 6 atom stereocenters. The second-order valence-electron chi connectivity index (χ2n) is 8.90. The van der Waals surface area contributed by atoms with E-state index in [4.69, 9.17) is 35.9 Å². The minimum Gasteiger partial charge on any atom is -0.465 e. The van der Waals surface area contributed by atoms with Crippen molar-refractivity contribution in [3.8, 4) is 5.75 Å². The zero-order valence-electron chi connectivity index (χ0n) is 22.1. The number of aliphatic hydroxyl groups excluding tert-OH is 1. The van der Waals surface area contributed by atoms with Crippen molar-refractivity contribution >= 4 is 48.2 Å². The average Bonchev–Trinajstić information content (AvgIpc) is 3.46. The van der Waals surface area contributed by atoms with Gasteiger partial charge in [0.25, 0.3) is 6.43 Å². The molecule has 3 heterocycles. The highest BCUT2D eigenvalue weighted by Crippen LogP contribution is 2.51. The molecule has 41 heavy (non-hydrogen) atoms. The number of hydrogen-bond acceptors (Lipinski definition) is 12. The Labute approximate surface area is 238 Å². The molecule has 1 fully saturated rings. The summed E-state index contributed by atoms with van der Waals surface area (Å²) in [6, 6.07) is 6.74. The quantitative estimate of drug-likeness (QED) is 0.132. The van der Waals surface area contributed by atoms with E-state index in [0.717, 1.165) is 10.9 Å². The summed E-state index contributed by atoms with van der Waals surface area (Å²) in [6.45, 7) is 2.30. The smallest absolute Gasteiger partial charge is 0.459 e. The zero-order chi connectivity index (χ0) is 29.9. The maximum Gasteiger partial charge on any atom is 0.459 e. The number of imidazole rings is 1. The number of nitrogen functional groups attached to an aromatic ring is 1. The molecule has 224 valence electrons. The van der Waals surface area contributed by atoms with E-state index in [2.05, 4.69) is 25.4 Å². The van der Waals surface area contributed by atoms with Crippen molar-refractivity contribution in [3.05, 3.63) is 36.7 Å². The predicted octanol–water partition coefficient (Wildman–Crippen LogP) is 2.70. The van der Waals surface area contributed by atoms with Crippen LogP contribution in [0, 0.1) is 0 Å². The van der Waals surface area contributed by atoms with Crippen LogP contribution in [-0.4, -0.2) is 80.4 Å². The van der Waals surface area contributed by atoms with Crippen molar-refractivity contribution < 1.29 is 41.8 Å². The number of aliphatic hydroxyl groups is 1. The number of nitrogens with one attached hydrogen (secondary N) is 2. The highest BCUT2D eigenvalue weighted by molar-refractivity contribution is 7.52. The second-order valence-corrected chi connectivity index (χ2v) is 11.3. The Balaban J connectivity index is 1.62. The largest absolute Gasteiger partial charge is 0.465 e. The van der Waals surface area contributed by atoms with Gasteiger partial charge in [0.1, 0.15) is 24.0 Å². The summed E-state index contributed by atoms with van der Waals surface area (Å²) < 4.78 is 65.5. The van der Waals surface area contributed by atoms with Crippen LogP contribution >= 0.6 is 19.3 Å². The van der Waals surface area contributed by atoms with E-state index < -0.39 is 56.1 Å². The number of halogens is 3. The van der Waals surface area contributed by atoms with E-state index in [-0.39, 0.29) is 35.3 Å². The van der Waals surface area contributed by atoms with Crippen LogP contribution in [0.1, 0.15) is 20.1 Å². The minimum absolute atomic E-state index is 0.00861. The Morgan fingerprint density at radius 3 is 2.68 bits per heavy atom. The molecule has 1 unspecified atom stereocenters. The summed E-state index contributed by atoms with van der Waals surface area (Å²) in [5.74, 6) is -0.577. The Morgan fingerprint density at radius 1 is 1.34 bits per heavy atom. The van der Waals surface area contributed by atoms with Crippen LogP contribution in [-0.2, 0) is 23.4 Å².